The largest absolute Gasteiger partial charge is 0.492 e. The molecule has 196 valence electrons. The monoisotopic (exact) mass is 515 g/mol. The van der Waals surface area contributed by atoms with E-state index < -0.39 is 36.1 Å². The summed E-state index contributed by atoms with van der Waals surface area (Å²) in [5.41, 5.74) is 1.66. The van der Waals surface area contributed by atoms with E-state index in [0.29, 0.717) is 35.0 Å². The minimum absolute atomic E-state index is 0.0585. The number of carbonyl (C=O) groups excluding carboxylic acids is 2. The quantitative estimate of drug-likeness (QED) is 0.492. The molecule has 1 unspecified atom stereocenters. The summed E-state index contributed by atoms with van der Waals surface area (Å²) in [5.74, 6) is -4.17. The smallest absolute Gasteiger partial charge is 0.286 e. The van der Waals surface area contributed by atoms with Crippen LogP contribution in [0.3, 0.4) is 0 Å². The van der Waals surface area contributed by atoms with E-state index >= 15 is 4.39 Å². The molecular weight excluding hydrogens is 487 g/mol. The van der Waals surface area contributed by atoms with Crippen molar-refractivity contribution in [2.75, 3.05) is 19.7 Å². The Morgan fingerprint density at radius 2 is 2.00 bits per heavy atom. The molecule has 0 bridgehead atoms. The lowest BCUT2D eigenvalue weighted by Gasteiger charge is -2.18. The van der Waals surface area contributed by atoms with E-state index in [1.54, 1.807) is 32.9 Å². The molecule has 2 fully saturated rings. The minimum Gasteiger partial charge on any atom is -0.492 e. The second-order valence-electron chi connectivity index (χ2n) is 9.81. The first-order valence-corrected chi connectivity index (χ1v) is 12.3. The average Bonchev–Trinajstić information content (AvgIpc) is 3.55. The zero-order valence-electron chi connectivity index (χ0n) is 20.8. The van der Waals surface area contributed by atoms with Gasteiger partial charge in [-0.25, -0.2) is 23.1 Å². The van der Waals surface area contributed by atoms with Gasteiger partial charge in [0, 0.05) is 18.7 Å². The lowest BCUT2D eigenvalue weighted by atomic mass is 10.0. The van der Waals surface area contributed by atoms with Crippen LogP contribution in [0.1, 0.15) is 47.8 Å². The number of carbonyl (C=O) groups is 2. The maximum absolute atomic E-state index is 15.4. The lowest BCUT2D eigenvalue weighted by molar-refractivity contribution is -0.131. The van der Waals surface area contributed by atoms with Crippen molar-refractivity contribution in [3.63, 3.8) is 0 Å². The summed E-state index contributed by atoms with van der Waals surface area (Å²) in [6, 6.07) is 1.78. The van der Waals surface area contributed by atoms with Gasteiger partial charge in [-0.3, -0.25) is 9.59 Å². The highest BCUT2D eigenvalue weighted by Crippen LogP contribution is 2.39. The summed E-state index contributed by atoms with van der Waals surface area (Å²) >= 11 is 0. The second kappa shape index (κ2) is 9.35. The predicted octanol–water partition coefficient (Wildman–Crippen LogP) is 4.16. The predicted molar refractivity (Wildman–Crippen MR) is 130 cm³/mol. The summed E-state index contributed by atoms with van der Waals surface area (Å²) in [5, 5.41) is 2.38. The third-order valence-corrected chi connectivity index (χ3v) is 6.98. The van der Waals surface area contributed by atoms with Crippen molar-refractivity contribution in [1.29, 1.82) is 0 Å². The van der Waals surface area contributed by atoms with Gasteiger partial charge in [0.2, 0.25) is 5.91 Å². The van der Waals surface area contributed by atoms with Crippen molar-refractivity contribution in [3.05, 3.63) is 41.1 Å². The van der Waals surface area contributed by atoms with E-state index in [1.165, 1.54) is 6.33 Å². The normalized spacial score (nSPS) is 18.9. The van der Waals surface area contributed by atoms with Gasteiger partial charge in [0.05, 0.1) is 29.8 Å². The number of halogens is 3. The van der Waals surface area contributed by atoms with Crippen LogP contribution in [0, 0.1) is 25.6 Å². The number of nitrogens with one attached hydrogen (secondary N) is 2. The van der Waals surface area contributed by atoms with E-state index in [1.807, 2.05) is 0 Å². The molecule has 2 N–H and O–H groups in total. The second-order valence-corrected chi connectivity index (χ2v) is 9.81. The van der Waals surface area contributed by atoms with Gasteiger partial charge in [-0.05, 0) is 44.2 Å². The number of ether oxygens (including phenoxy) is 1. The highest BCUT2D eigenvalue weighted by atomic mass is 19.3. The number of hydrogen-bond donors (Lipinski definition) is 2. The van der Waals surface area contributed by atoms with Crippen LogP contribution >= 0.6 is 0 Å². The molecule has 1 aliphatic heterocycles. The number of rotatable bonds is 7. The Morgan fingerprint density at radius 1 is 1.24 bits per heavy atom. The molecule has 1 saturated carbocycles. The molecule has 3 aromatic rings. The molecule has 5 rings (SSSR count). The standard InChI is InChI=1S/C26H28F3N5O3/c1-4-18(35)34-9-17(26(28,29)11-34)33-25(36)19-14(3)32-24-22(19)30-12-31-23(24)20-16(37-10-15-6-7-15)8-5-13(2)21(20)27/h5,8,12,15,17,32H,4,6-7,9-11H2,1-3H3,(H,33,36). The number of alkyl halides is 2. The van der Waals surface area contributed by atoms with Gasteiger partial charge in [-0.1, -0.05) is 13.0 Å². The molecule has 0 spiro atoms. The van der Waals surface area contributed by atoms with Gasteiger partial charge in [0.1, 0.15) is 35.1 Å². The van der Waals surface area contributed by atoms with Crippen molar-refractivity contribution in [1.82, 2.24) is 25.2 Å². The van der Waals surface area contributed by atoms with Gasteiger partial charge < -0.3 is 19.9 Å². The van der Waals surface area contributed by atoms with Gasteiger partial charge in [-0.15, -0.1) is 0 Å². The van der Waals surface area contributed by atoms with Gasteiger partial charge in [0.25, 0.3) is 11.8 Å². The van der Waals surface area contributed by atoms with Gasteiger partial charge >= 0.3 is 0 Å². The van der Waals surface area contributed by atoms with Crippen LogP contribution in [0.4, 0.5) is 13.2 Å². The summed E-state index contributed by atoms with van der Waals surface area (Å²) in [7, 11) is 0. The maximum Gasteiger partial charge on any atom is 0.286 e. The minimum atomic E-state index is -3.28. The summed E-state index contributed by atoms with van der Waals surface area (Å²) in [4.78, 5) is 37.8. The number of aromatic nitrogens is 3. The van der Waals surface area contributed by atoms with Crippen molar-refractivity contribution in [3.8, 4) is 17.0 Å². The number of benzene rings is 1. The number of aromatic amines is 1. The topological polar surface area (TPSA) is 100 Å². The number of nitrogens with zero attached hydrogens (tertiary/aromatic N) is 3. The number of hydrogen-bond acceptors (Lipinski definition) is 5. The first-order valence-electron chi connectivity index (χ1n) is 12.3. The molecular formula is C26H28F3N5O3. The number of fused-ring (bicyclic) bond motifs is 1. The highest BCUT2D eigenvalue weighted by Gasteiger charge is 2.50. The summed E-state index contributed by atoms with van der Waals surface area (Å²) in [6.45, 7) is 4.27. The fraction of sp³-hybridized carbons (Fsp3) is 0.462. The number of aryl methyl sites for hydroxylation is 2. The molecule has 1 saturated heterocycles. The zero-order chi connectivity index (χ0) is 26.5. The lowest BCUT2D eigenvalue weighted by Crippen LogP contribution is -2.46. The van der Waals surface area contributed by atoms with Crippen LogP contribution in [-0.2, 0) is 4.79 Å². The van der Waals surface area contributed by atoms with E-state index in [2.05, 4.69) is 20.3 Å². The molecule has 2 aliphatic rings. The molecule has 1 aliphatic carbocycles. The SMILES string of the molecule is CCC(=O)N1CC(NC(=O)c2c(C)[nH]c3c(-c4c(OCC5CC5)ccc(C)c4F)ncnc23)C(F)(F)C1. The Balaban J connectivity index is 1.50. The van der Waals surface area contributed by atoms with E-state index in [0.717, 1.165) is 17.7 Å². The fourth-order valence-corrected chi connectivity index (χ4v) is 4.66. The van der Waals surface area contributed by atoms with E-state index in [-0.39, 0.29) is 35.3 Å². The third kappa shape index (κ3) is 4.62. The molecule has 37 heavy (non-hydrogen) atoms. The first kappa shape index (κ1) is 25.0. The van der Waals surface area contributed by atoms with Crippen LogP contribution in [-0.4, -0.2) is 63.3 Å². The highest BCUT2D eigenvalue weighted by molar-refractivity contribution is 6.09. The van der Waals surface area contributed by atoms with E-state index in [9.17, 15) is 18.4 Å². The van der Waals surface area contributed by atoms with Crippen molar-refractivity contribution >= 4 is 22.8 Å². The van der Waals surface area contributed by atoms with Crippen LogP contribution in [0.25, 0.3) is 22.3 Å². The molecule has 8 nitrogen and oxygen atoms in total. The number of likely N-dealkylation sites (tertiary alicyclic amines) is 1. The van der Waals surface area contributed by atoms with Crippen molar-refractivity contribution in [2.24, 2.45) is 5.92 Å². The maximum atomic E-state index is 15.4. The van der Waals surface area contributed by atoms with Crippen LogP contribution in [0.15, 0.2) is 18.5 Å². The zero-order valence-corrected chi connectivity index (χ0v) is 20.8. The molecule has 2 aromatic heterocycles. The number of H-pyrrole nitrogens is 1. The van der Waals surface area contributed by atoms with E-state index in [4.69, 9.17) is 4.74 Å². The fourth-order valence-electron chi connectivity index (χ4n) is 4.66. The van der Waals surface area contributed by atoms with Crippen molar-refractivity contribution in [2.45, 2.75) is 52.0 Å². The van der Waals surface area contributed by atoms with Crippen molar-refractivity contribution < 1.29 is 27.5 Å². The Bertz CT molecular complexity index is 1390. The molecule has 1 aromatic carbocycles. The van der Waals surface area contributed by atoms with Gasteiger partial charge in [-0.2, -0.15) is 0 Å². The number of amides is 2. The molecule has 0 radical (unpaired) electrons. The molecule has 1 atom stereocenters. The average molecular weight is 516 g/mol. The van der Waals surface area contributed by atoms with Crippen LogP contribution in [0.2, 0.25) is 0 Å². The molecule has 3 heterocycles. The van der Waals surface area contributed by atoms with Gasteiger partial charge in [0.15, 0.2) is 0 Å². The van der Waals surface area contributed by atoms with Crippen LogP contribution < -0.4 is 10.1 Å². The Hall–Kier alpha value is -3.63. The third-order valence-electron chi connectivity index (χ3n) is 6.98. The summed E-state index contributed by atoms with van der Waals surface area (Å²) < 4.78 is 50.6. The Kier molecular flexibility index (Phi) is 6.33. The Labute approximate surface area is 211 Å². The van der Waals surface area contributed by atoms with Crippen LogP contribution in [0.5, 0.6) is 5.75 Å². The Morgan fingerprint density at radius 3 is 2.70 bits per heavy atom. The molecule has 2 amide bonds. The first-order chi connectivity index (χ1) is 17.6. The summed E-state index contributed by atoms with van der Waals surface area (Å²) in [6.07, 6.45) is 3.44. The molecule has 11 heteroatoms.